The fourth-order valence-electron chi connectivity index (χ4n) is 3.43. The Labute approximate surface area is 114 Å². The van der Waals surface area contributed by atoms with Gasteiger partial charge in [-0.15, -0.1) is 0 Å². The summed E-state index contributed by atoms with van der Waals surface area (Å²) in [4.78, 5) is 26.3. The van der Waals surface area contributed by atoms with Crippen molar-refractivity contribution in [1.29, 1.82) is 0 Å². The molecule has 1 amide bonds. The van der Waals surface area contributed by atoms with Crippen LogP contribution in [0.3, 0.4) is 0 Å². The Hall–Kier alpha value is -1.10. The smallest absolute Gasteiger partial charge is 0.328 e. The quantitative estimate of drug-likeness (QED) is 0.777. The molecule has 2 aliphatic rings. The van der Waals surface area contributed by atoms with E-state index in [4.69, 9.17) is 10.5 Å². The number of methoxy groups -OCH3 is 1. The maximum Gasteiger partial charge on any atom is 0.328 e. The van der Waals surface area contributed by atoms with Crippen LogP contribution in [-0.2, 0) is 14.3 Å². The SMILES string of the molecule is COC(=O)C1CCCN1C(=O)C1(CN)CCCCC1. The number of rotatable bonds is 3. The van der Waals surface area contributed by atoms with Crippen LogP contribution in [0.25, 0.3) is 0 Å². The van der Waals surface area contributed by atoms with Crippen LogP contribution in [0, 0.1) is 5.41 Å². The first-order valence-electron chi connectivity index (χ1n) is 7.23. The van der Waals surface area contributed by atoms with Crippen molar-refractivity contribution in [3.8, 4) is 0 Å². The number of carbonyl (C=O) groups is 2. The van der Waals surface area contributed by atoms with Gasteiger partial charge in [-0.25, -0.2) is 4.79 Å². The molecule has 0 aromatic heterocycles. The highest BCUT2D eigenvalue weighted by atomic mass is 16.5. The summed E-state index contributed by atoms with van der Waals surface area (Å²) in [5, 5.41) is 0. The predicted molar refractivity (Wildman–Crippen MR) is 71.3 cm³/mol. The third-order valence-electron chi connectivity index (χ3n) is 4.64. The first kappa shape index (κ1) is 14.3. The van der Waals surface area contributed by atoms with Crippen molar-refractivity contribution in [2.45, 2.75) is 51.0 Å². The van der Waals surface area contributed by atoms with Crippen molar-refractivity contribution in [1.82, 2.24) is 4.90 Å². The number of hydrogen-bond acceptors (Lipinski definition) is 4. The standard InChI is InChI=1S/C14H24N2O3/c1-19-12(17)11-6-5-9-16(11)13(18)14(10-15)7-3-2-4-8-14/h11H,2-10,15H2,1H3. The normalized spacial score (nSPS) is 26.2. The Morgan fingerprint density at radius 3 is 2.53 bits per heavy atom. The van der Waals surface area contributed by atoms with Gasteiger partial charge in [0.2, 0.25) is 5.91 Å². The lowest BCUT2D eigenvalue weighted by Crippen LogP contribution is -2.52. The molecule has 5 heteroatoms. The Morgan fingerprint density at radius 1 is 1.26 bits per heavy atom. The molecule has 2 rings (SSSR count). The van der Waals surface area contributed by atoms with Gasteiger partial charge in [0, 0.05) is 13.1 Å². The van der Waals surface area contributed by atoms with E-state index in [1.807, 2.05) is 0 Å². The lowest BCUT2D eigenvalue weighted by Gasteiger charge is -2.39. The summed E-state index contributed by atoms with van der Waals surface area (Å²) in [5.74, 6) is -0.226. The van der Waals surface area contributed by atoms with Crippen molar-refractivity contribution in [3.63, 3.8) is 0 Å². The van der Waals surface area contributed by atoms with Crippen LogP contribution in [0.4, 0.5) is 0 Å². The van der Waals surface area contributed by atoms with E-state index in [0.717, 1.165) is 32.1 Å². The third kappa shape index (κ3) is 2.61. The molecule has 1 saturated carbocycles. The zero-order valence-electron chi connectivity index (χ0n) is 11.7. The van der Waals surface area contributed by atoms with Gasteiger partial charge >= 0.3 is 5.97 Å². The molecule has 1 unspecified atom stereocenters. The van der Waals surface area contributed by atoms with E-state index in [1.165, 1.54) is 13.5 Å². The summed E-state index contributed by atoms with van der Waals surface area (Å²) in [6.45, 7) is 1.04. The van der Waals surface area contributed by atoms with Gasteiger partial charge in [-0.3, -0.25) is 4.79 Å². The van der Waals surface area contributed by atoms with Gasteiger partial charge in [0.15, 0.2) is 0 Å². The number of amides is 1. The van der Waals surface area contributed by atoms with Crippen LogP contribution in [-0.4, -0.2) is 43.0 Å². The predicted octanol–water partition coefficient (Wildman–Crippen LogP) is 1.06. The summed E-state index contributed by atoms with van der Waals surface area (Å²) < 4.78 is 4.80. The van der Waals surface area contributed by atoms with Crippen molar-refractivity contribution in [3.05, 3.63) is 0 Å². The molecule has 1 aliphatic heterocycles. The monoisotopic (exact) mass is 268 g/mol. The van der Waals surface area contributed by atoms with E-state index in [2.05, 4.69) is 0 Å². The van der Waals surface area contributed by atoms with E-state index in [-0.39, 0.29) is 11.9 Å². The Kier molecular flexibility index (Phi) is 4.45. The summed E-state index contributed by atoms with van der Waals surface area (Å²) in [6.07, 6.45) is 6.57. The van der Waals surface area contributed by atoms with E-state index in [0.29, 0.717) is 19.5 Å². The average Bonchev–Trinajstić information content (AvgIpc) is 2.95. The zero-order chi connectivity index (χ0) is 13.9. The Morgan fingerprint density at radius 2 is 1.95 bits per heavy atom. The van der Waals surface area contributed by atoms with E-state index in [1.54, 1.807) is 4.90 Å². The number of nitrogens with zero attached hydrogens (tertiary/aromatic N) is 1. The molecule has 2 N–H and O–H groups in total. The molecule has 1 heterocycles. The largest absolute Gasteiger partial charge is 0.467 e. The Bertz CT molecular complexity index is 351. The minimum absolute atomic E-state index is 0.0719. The van der Waals surface area contributed by atoms with Crippen LogP contribution in [0.15, 0.2) is 0 Å². The van der Waals surface area contributed by atoms with E-state index < -0.39 is 11.5 Å². The zero-order valence-corrected chi connectivity index (χ0v) is 11.7. The highest BCUT2D eigenvalue weighted by Crippen LogP contribution is 2.38. The molecule has 19 heavy (non-hydrogen) atoms. The summed E-state index contributed by atoms with van der Waals surface area (Å²) in [5.41, 5.74) is 5.46. The van der Waals surface area contributed by atoms with Crippen LogP contribution in [0.5, 0.6) is 0 Å². The molecule has 5 nitrogen and oxygen atoms in total. The first-order valence-corrected chi connectivity index (χ1v) is 7.23. The van der Waals surface area contributed by atoms with Gasteiger partial charge in [-0.1, -0.05) is 19.3 Å². The Balaban J connectivity index is 2.14. The second kappa shape index (κ2) is 5.90. The number of likely N-dealkylation sites (tertiary alicyclic amines) is 1. The minimum atomic E-state index is -0.436. The molecular formula is C14H24N2O3. The van der Waals surface area contributed by atoms with Gasteiger partial charge in [0.1, 0.15) is 6.04 Å². The lowest BCUT2D eigenvalue weighted by atomic mass is 9.73. The molecule has 0 radical (unpaired) electrons. The molecule has 0 aromatic carbocycles. The maximum atomic E-state index is 12.8. The highest BCUT2D eigenvalue weighted by molar-refractivity contribution is 5.88. The number of hydrogen-bond donors (Lipinski definition) is 1. The molecule has 2 fully saturated rings. The van der Waals surface area contributed by atoms with E-state index >= 15 is 0 Å². The van der Waals surface area contributed by atoms with Gasteiger partial charge in [0.25, 0.3) is 0 Å². The average molecular weight is 268 g/mol. The van der Waals surface area contributed by atoms with E-state index in [9.17, 15) is 9.59 Å². The summed E-state index contributed by atoms with van der Waals surface area (Å²) >= 11 is 0. The maximum absolute atomic E-state index is 12.8. The minimum Gasteiger partial charge on any atom is -0.467 e. The third-order valence-corrected chi connectivity index (χ3v) is 4.64. The molecule has 108 valence electrons. The number of carbonyl (C=O) groups excluding carboxylic acids is 2. The van der Waals surface area contributed by atoms with Gasteiger partial charge in [0.05, 0.1) is 12.5 Å². The second-order valence-corrected chi connectivity index (χ2v) is 5.72. The second-order valence-electron chi connectivity index (χ2n) is 5.72. The van der Waals surface area contributed by atoms with Crippen LogP contribution in [0.1, 0.15) is 44.9 Å². The topological polar surface area (TPSA) is 72.6 Å². The van der Waals surface area contributed by atoms with Gasteiger partial charge in [-0.2, -0.15) is 0 Å². The number of esters is 1. The molecule has 0 aromatic rings. The molecule has 0 spiro atoms. The highest BCUT2D eigenvalue weighted by Gasteiger charge is 2.45. The molecule has 1 aliphatic carbocycles. The summed E-state index contributed by atoms with van der Waals surface area (Å²) in [6, 6.07) is -0.400. The van der Waals surface area contributed by atoms with Crippen molar-refractivity contribution < 1.29 is 14.3 Å². The van der Waals surface area contributed by atoms with Crippen LogP contribution in [0.2, 0.25) is 0 Å². The fourth-order valence-corrected chi connectivity index (χ4v) is 3.43. The molecular weight excluding hydrogens is 244 g/mol. The molecule has 0 bridgehead atoms. The van der Waals surface area contributed by atoms with Crippen LogP contribution < -0.4 is 5.73 Å². The van der Waals surface area contributed by atoms with Gasteiger partial charge in [-0.05, 0) is 25.7 Å². The molecule has 1 saturated heterocycles. The lowest BCUT2D eigenvalue weighted by molar-refractivity contribution is -0.155. The first-order chi connectivity index (χ1) is 9.14. The summed E-state index contributed by atoms with van der Waals surface area (Å²) in [7, 11) is 1.38. The number of nitrogens with two attached hydrogens (primary N) is 1. The van der Waals surface area contributed by atoms with Gasteiger partial charge < -0.3 is 15.4 Å². The number of ether oxygens (including phenoxy) is 1. The molecule has 1 atom stereocenters. The fraction of sp³-hybridized carbons (Fsp3) is 0.857. The van der Waals surface area contributed by atoms with Crippen molar-refractivity contribution >= 4 is 11.9 Å². The van der Waals surface area contributed by atoms with Crippen molar-refractivity contribution in [2.24, 2.45) is 11.1 Å². The van der Waals surface area contributed by atoms with Crippen LogP contribution >= 0.6 is 0 Å². The van der Waals surface area contributed by atoms with Crippen molar-refractivity contribution in [2.75, 3.05) is 20.2 Å².